The van der Waals surface area contributed by atoms with Crippen LogP contribution >= 0.6 is 27.3 Å². The summed E-state index contributed by atoms with van der Waals surface area (Å²) in [5.74, 6) is -1.01. The van der Waals surface area contributed by atoms with Gasteiger partial charge in [0.25, 0.3) is 0 Å². The monoisotopic (exact) mass is 274 g/mol. The van der Waals surface area contributed by atoms with Crippen molar-refractivity contribution in [2.24, 2.45) is 0 Å². The van der Waals surface area contributed by atoms with Gasteiger partial charge in [0.1, 0.15) is 0 Å². The van der Waals surface area contributed by atoms with Crippen LogP contribution in [0, 0.1) is 5.13 Å². The molecule has 0 saturated heterocycles. The average molecular weight is 275 g/mol. The number of carbonyl (C=O) groups is 1. The summed E-state index contributed by atoms with van der Waals surface area (Å²) in [4.78, 5) is 10.7. The molecule has 0 radical (unpaired) electrons. The van der Waals surface area contributed by atoms with E-state index >= 15 is 0 Å². The fourth-order valence-electron chi connectivity index (χ4n) is 1.20. The zero-order chi connectivity index (χ0) is 10.3. The maximum Gasteiger partial charge on any atom is 0.335 e. The number of carboxylic acids is 1. The Morgan fingerprint density at radius 3 is 2.79 bits per heavy atom. The molecule has 1 aromatic heterocycles. The molecule has 0 aliphatic carbocycles. The molecule has 72 valence electrons. The predicted molar refractivity (Wildman–Crippen MR) is 56.4 cm³/mol. The van der Waals surface area contributed by atoms with E-state index in [0.29, 0.717) is 9.86 Å². The lowest BCUT2D eigenvalue weighted by atomic mass is 10.2. The Labute approximate surface area is 91.1 Å². The molecule has 0 fully saturated rings. The van der Waals surface area contributed by atoms with Crippen LogP contribution in [0.1, 0.15) is 10.4 Å². The van der Waals surface area contributed by atoms with Crippen molar-refractivity contribution in [3.05, 3.63) is 33.4 Å². The van der Waals surface area contributed by atoms with Gasteiger partial charge < -0.3 is 5.11 Å². The molecule has 0 bridgehead atoms. The molecule has 1 N–H and O–H groups in total. The number of hydrogen-bond acceptors (Lipinski definition) is 2. The molecule has 0 unspecified atom stereocenters. The second-order valence-electron chi connectivity index (χ2n) is 2.73. The van der Waals surface area contributed by atoms with Crippen LogP contribution in [0.3, 0.4) is 0 Å². The Hall–Kier alpha value is -0.940. The second-order valence-corrected chi connectivity index (χ2v) is 4.59. The first-order valence-electron chi connectivity index (χ1n) is 3.70. The van der Waals surface area contributed by atoms with Crippen LogP contribution in [0.25, 0.3) is 10.1 Å². The van der Waals surface area contributed by atoms with Crippen molar-refractivity contribution in [2.45, 2.75) is 0 Å². The van der Waals surface area contributed by atoms with Crippen LogP contribution in [0.2, 0.25) is 0 Å². The van der Waals surface area contributed by atoms with E-state index in [4.69, 9.17) is 5.11 Å². The summed E-state index contributed by atoms with van der Waals surface area (Å²) in [5, 5.41) is 9.06. The van der Waals surface area contributed by atoms with E-state index in [9.17, 15) is 9.18 Å². The van der Waals surface area contributed by atoms with Gasteiger partial charge in [-0.05, 0) is 39.5 Å². The molecule has 0 aliphatic heterocycles. The number of fused-ring (bicyclic) bond motifs is 1. The van der Waals surface area contributed by atoms with Gasteiger partial charge in [0.2, 0.25) is 0 Å². The van der Waals surface area contributed by atoms with E-state index in [-0.39, 0.29) is 10.7 Å². The molecule has 0 atom stereocenters. The van der Waals surface area contributed by atoms with Crippen LogP contribution in [-0.2, 0) is 0 Å². The molecule has 5 heteroatoms. The topological polar surface area (TPSA) is 37.3 Å². The molecule has 14 heavy (non-hydrogen) atoms. The Balaban J connectivity index is 2.77. The molecule has 0 saturated carbocycles. The molecule has 0 amide bonds. The lowest BCUT2D eigenvalue weighted by Crippen LogP contribution is -1.95. The molecule has 1 heterocycles. The fraction of sp³-hybridized carbons (Fsp3) is 0. The first-order valence-corrected chi connectivity index (χ1v) is 5.31. The lowest BCUT2D eigenvalue weighted by Gasteiger charge is -1.97. The maximum absolute atomic E-state index is 12.9. The van der Waals surface area contributed by atoms with Crippen molar-refractivity contribution in [3.8, 4) is 0 Å². The van der Waals surface area contributed by atoms with Crippen LogP contribution in [0.4, 0.5) is 4.39 Å². The van der Waals surface area contributed by atoms with Crippen LogP contribution in [-0.4, -0.2) is 11.1 Å². The number of halogens is 2. The number of aromatic carboxylic acids is 1. The highest BCUT2D eigenvalue weighted by Gasteiger charge is 2.10. The van der Waals surface area contributed by atoms with Crippen LogP contribution in [0.5, 0.6) is 0 Å². The van der Waals surface area contributed by atoms with E-state index in [0.717, 1.165) is 16.0 Å². The van der Waals surface area contributed by atoms with Gasteiger partial charge in [0, 0.05) is 4.47 Å². The zero-order valence-corrected chi connectivity index (χ0v) is 9.15. The minimum absolute atomic E-state index is 0.155. The molecule has 2 rings (SSSR count). The summed E-state index contributed by atoms with van der Waals surface area (Å²) in [6.45, 7) is 0. The van der Waals surface area contributed by atoms with Gasteiger partial charge >= 0.3 is 5.97 Å². The highest BCUT2D eigenvalue weighted by atomic mass is 79.9. The summed E-state index contributed by atoms with van der Waals surface area (Å²) in [5.41, 5.74) is 0.155. The van der Waals surface area contributed by atoms with Crippen molar-refractivity contribution in [2.75, 3.05) is 0 Å². The first-order chi connectivity index (χ1) is 6.58. The maximum atomic E-state index is 12.9. The Morgan fingerprint density at radius 2 is 2.14 bits per heavy atom. The van der Waals surface area contributed by atoms with E-state index in [1.54, 1.807) is 0 Å². The molecule has 0 aliphatic rings. The summed E-state index contributed by atoms with van der Waals surface area (Å²) >= 11 is 4.20. The normalized spacial score (nSPS) is 10.7. The Bertz CT molecular complexity index is 521. The third-order valence-corrected chi connectivity index (χ3v) is 3.65. The van der Waals surface area contributed by atoms with Crippen molar-refractivity contribution < 1.29 is 14.3 Å². The van der Waals surface area contributed by atoms with Crippen LogP contribution < -0.4 is 0 Å². The highest BCUT2D eigenvalue weighted by Crippen LogP contribution is 2.32. The van der Waals surface area contributed by atoms with Gasteiger partial charge in [-0.15, -0.1) is 11.3 Å². The number of thiophene rings is 1. The molecule has 2 aromatic rings. The first kappa shape index (κ1) is 9.61. The average Bonchev–Trinajstić information content (AvgIpc) is 2.45. The number of carboxylic acid groups (broad SMARTS) is 1. The zero-order valence-electron chi connectivity index (χ0n) is 6.75. The molecular weight excluding hydrogens is 271 g/mol. The quantitative estimate of drug-likeness (QED) is 0.864. The number of hydrogen-bond donors (Lipinski definition) is 1. The fourth-order valence-corrected chi connectivity index (χ4v) is 2.69. The smallest absolute Gasteiger partial charge is 0.335 e. The standard InChI is InChI=1S/C9H4BrFO2S/c10-6-2-5(9(12)13)1-4-3-7(11)14-8(4)6/h1-3H,(H,12,13). The van der Waals surface area contributed by atoms with E-state index in [1.165, 1.54) is 18.2 Å². The minimum atomic E-state index is -1.01. The molecule has 1 aromatic carbocycles. The summed E-state index contributed by atoms with van der Waals surface area (Å²) in [6, 6.07) is 4.26. The second kappa shape index (κ2) is 3.33. The highest BCUT2D eigenvalue weighted by molar-refractivity contribution is 9.10. The number of benzene rings is 1. The van der Waals surface area contributed by atoms with Gasteiger partial charge in [-0.2, -0.15) is 4.39 Å². The van der Waals surface area contributed by atoms with E-state index < -0.39 is 5.97 Å². The van der Waals surface area contributed by atoms with Gasteiger partial charge in [-0.25, -0.2) is 4.79 Å². The van der Waals surface area contributed by atoms with E-state index in [2.05, 4.69) is 15.9 Å². The Morgan fingerprint density at radius 1 is 1.43 bits per heavy atom. The minimum Gasteiger partial charge on any atom is -0.478 e. The summed E-state index contributed by atoms with van der Waals surface area (Å²) < 4.78 is 14.2. The molecule has 0 spiro atoms. The van der Waals surface area contributed by atoms with Crippen molar-refractivity contribution in [1.82, 2.24) is 0 Å². The molecule has 2 nitrogen and oxygen atoms in total. The predicted octanol–water partition coefficient (Wildman–Crippen LogP) is 3.50. The number of rotatable bonds is 1. The van der Waals surface area contributed by atoms with Crippen molar-refractivity contribution in [3.63, 3.8) is 0 Å². The largest absolute Gasteiger partial charge is 0.478 e. The van der Waals surface area contributed by atoms with Gasteiger partial charge in [0.05, 0.1) is 10.3 Å². The third kappa shape index (κ3) is 1.53. The van der Waals surface area contributed by atoms with Crippen molar-refractivity contribution >= 4 is 43.3 Å². The molecular formula is C9H4BrFO2S. The Kier molecular flexibility index (Phi) is 2.28. The van der Waals surface area contributed by atoms with Gasteiger partial charge in [-0.1, -0.05) is 0 Å². The van der Waals surface area contributed by atoms with Gasteiger partial charge in [0.15, 0.2) is 5.13 Å². The van der Waals surface area contributed by atoms with Crippen molar-refractivity contribution in [1.29, 1.82) is 0 Å². The third-order valence-electron chi connectivity index (χ3n) is 1.79. The van der Waals surface area contributed by atoms with E-state index in [1.807, 2.05) is 0 Å². The van der Waals surface area contributed by atoms with Gasteiger partial charge in [-0.3, -0.25) is 0 Å². The SMILES string of the molecule is O=C(O)c1cc(Br)c2sc(F)cc2c1. The van der Waals surface area contributed by atoms with Crippen LogP contribution in [0.15, 0.2) is 22.7 Å². The summed E-state index contributed by atoms with van der Waals surface area (Å²) in [7, 11) is 0. The lowest BCUT2D eigenvalue weighted by molar-refractivity contribution is 0.0697. The summed E-state index contributed by atoms with van der Waals surface area (Å²) in [6.07, 6.45) is 0.